The van der Waals surface area contributed by atoms with Gasteiger partial charge in [-0.2, -0.15) is 0 Å². The summed E-state index contributed by atoms with van der Waals surface area (Å²) in [5.74, 6) is -1.15. The molecule has 8 heteroatoms. The van der Waals surface area contributed by atoms with Crippen LogP contribution in [0.5, 0.6) is 5.75 Å². The first kappa shape index (κ1) is 18.1. The van der Waals surface area contributed by atoms with Gasteiger partial charge in [-0.05, 0) is 43.3 Å². The number of hydrazine groups is 1. The average molecular weight is 368 g/mol. The summed E-state index contributed by atoms with van der Waals surface area (Å²) >= 11 is 0. The zero-order valence-corrected chi connectivity index (χ0v) is 14.4. The molecular formula is C19H17FN4O3. The Kier molecular flexibility index (Phi) is 5.46. The summed E-state index contributed by atoms with van der Waals surface area (Å²) in [7, 11) is 0. The van der Waals surface area contributed by atoms with Gasteiger partial charge in [-0.3, -0.25) is 25.0 Å². The van der Waals surface area contributed by atoms with Crippen molar-refractivity contribution in [1.29, 1.82) is 0 Å². The minimum atomic E-state index is -0.894. The first-order valence-corrected chi connectivity index (χ1v) is 8.15. The summed E-state index contributed by atoms with van der Waals surface area (Å²) in [5, 5.41) is 0. The molecule has 0 saturated heterocycles. The molecular weight excluding hydrogens is 351 g/mol. The molecule has 0 spiro atoms. The van der Waals surface area contributed by atoms with Gasteiger partial charge in [0.05, 0.1) is 12.5 Å². The van der Waals surface area contributed by atoms with Crippen molar-refractivity contribution in [3.05, 3.63) is 78.6 Å². The van der Waals surface area contributed by atoms with E-state index >= 15 is 0 Å². The van der Waals surface area contributed by atoms with Crippen molar-refractivity contribution in [3.8, 4) is 11.4 Å². The Morgan fingerprint density at radius 1 is 1.07 bits per heavy atom. The molecule has 0 aliphatic heterocycles. The highest BCUT2D eigenvalue weighted by Crippen LogP contribution is 2.13. The summed E-state index contributed by atoms with van der Waals surface area (Å²) in [4.78, 5) is 28.4. The van der Waals surface area contributed by atoms with Crippen LogP contribution < -0.4 is 15.6 Å². The highest BCUT2D eigenvalue weighted by atomic mass is 19.1. The van der Waals surface area contributed by atoms with Crippen molar-refractivity contribution in [2.45, 2.75) is 13.0 Å². The van der Waals surface area contributed by atoms with E-state index in [1.54, 1.807) is 4.57 Å². The number of ether oxygens (including phenoxy) is 1. The Labute approximate surface area is 154 Å². The maximum atomic E-state index is 12.9. The topological polar surface area (TPSA) is 85.2 Å². The first-order chi connectivity index (χ1) is 13.0. The maximum absolute atomic E-state index is 12.9. The van der Waals surface area contributed by atoms with Crippen LogP contribution in [-0.4, -0.2) is 27.5 Å². The van der Waals surface area contributed by atoms with E-state index in [1.807, 2.05) is 30.3 Å². The Bertz CT molecular complexity index is 926. The third-order valence-electron chi connectivity index (χ3n) is 3.70. The monoisotopic (exact) mass is 368 g/mol. The summed E-state index contributed by atoms with van der Waals surface area (Å²) in [6.07, 6.45) is 2.01. The van der Waals surface area contributed by atoms with E-state index in [2.05, 4.69) is 15.8 Å². The molecule has 27 heavy (non-hydrogen) atoms. The van der Waals surface area contributed by atoms with Gasteiger partial charge in [0.1, 0.15) is 17.3 Å². The third-order valence-corrected chi connectivity index (χ3v) is 3.70. The SMILES string of the molecule is CC(Oc1ccc(F)cc1)C(=O)NNC(=O)c1cncn1-c1ccccc1. The predicted octanol–water partition coefficient (Wildman–Crippen LogP) is 2.24. The van der Waals surface area contributed by atoms with Crippen LogP contribution in [0.15, 0.2) is 67.1 Å². The van der Waals surface area contributed by atoms with Crippen molar-refractivity contribution in [1.82, 2.24) is 20.4 Å². The Hall–Kier alpha value is -3.68. The van der Waals surface area contributed by atoms with Gasteiger partial charge in [-0.15, -0.1) is 0 Å². The second kappa shape index (κ2) is 8.13. The second-order valence-corrected chi connectivity index (χ2v) is 5.64. The van der Waals surface area contributed by atoms with Gasteiger partial charge in [0.25, 0.3) is 11.8 Å². The predicted molar refractivity (Wildman–Crippen MR) is 95.7 cm³/mol. The molecule has 2 aromatic carbocycles. The van der Waals surface area contributed by atoms with E-state index in [4.69, 9.17) is 4.74 Å². The van der Waals surface area contributed by atoms with E-state index in [1.165, 1.54) is 43.7 Å². The number of imidazole rings is 1. The van der Waals surface area contributed by atoms with E-state index < -0.39 is 23.7 Å². The molecule has 2 amide bonds. The van der Waals surface area contributed by atoms with Crippen LogP contribution in [0.25, 0.3) is 5.69 Å². The fraction of sp³-hybridized carbons (Fsp3) is 0.105. The maximum Gasteiger partial charge on any atom is 0.288 e. The number of rotatable bonds is 5. The fourth-order valence-corrected chi connectivity index (χ4v) is 2.31. The van der Waals surface area contributed by atoms with E-state index in [0.29, 0.717) is 5.75 Å². The van der Waals surface area contributed by atoms with Gasteiger partial charge in [-0.25, -0.2) is 9.37 Å². The van der Waals surface area contributed by atoms with Crippen LogP contribution in [0.3, 0.4) is 0 Å². The highest BCUT2D eigenvalue weighted by molar-refractivity contribution is 5.94. The standard InChI is InChI=1S/C19H17FN4O3/c1-13(27-16-9-7-14(20)8-10-16)18(25)22-23-19(26)17-11-21-12-24(17)15-5-3-2-4-6-15/h2-13H,1H3,(H,22,25)(H,23,26). The lowest BCUT2D eigenvalue weighted by atomic mass is 10.3. The zero-order chi connectivity index (χ0) is 19.2. The van der Waals surface area contributed by atoms with Gasteiger partial charge in [0.15, 0.2) is 6.10 Å². The zero-order valence-electron chi connectivity index (χ0n) is 14.4. The number of carbonyl (C=O) groups excluding carboxylic acids is 2. The molecule has 1 heterocycles. The van der Waals surface area contributed by atoms with Gasteiger partial charge >= 0.3 is 0 Å². The van der Waals surface area contributed by atoms with Crippen LogP contribution >= 0.6 is 0 Å². The van der Waals surface area contributed by atoms with Gasteiger partial charge in [0.2, 0.25) is 0 Å². The molecule has 0 radical (unpaired) electrons. The average Bonchev–Trinajstić information content (AvgIpc) is 3.18. The number of benzene rings is 2. The molecule has 1 atom stereocenters. The Morgan fingerprint density at radius 2 is 1.78 bits per heavy atom. The lowest BCUT2D eigenvalue weighted by Gasteiger charge is -2.15. The number of nitrogens with one attached hydrogen (secondary N) is 2. The summed E-state index contributed by atoms with van der Waals surface area (Å²) in [6, 6.07) is 14.5. The molecule has 0 bridgehead atoms. The number of amides is 2. The molecule has 138 valence electrons. The van der Waals surface area contributed by atoms with Gasteiger partial charge in [0, 0.05) is 5.69 Å². The van der Waals surface area contributed by atoms with Crippen LogP contribution in [0.1, 0.15) is 17.4 Å². The number of hydrogen-bond donors (Lipinski definition) is 2. The minimum absolute atomic E-state index is 0.258. The number of hydrogen-bond acceptors (Lipinski definition) is 4. The Balaban J connectivity index is 1.58. The largest absolute Gasteiger partial charge is 0.481 e. The molecule has 3 rings (SSSR count). The molecule has 1 aromatic heterocycles. The molecule has 3 aromatic rings. The molecule has 2 N–H and O–H groups in total. The van der Waals surface area contributed by atoms with Crippen LogP contribution in [0.2, 0.25) is 0 Å². The van der Waals surface area contributed by atoms with Crippen molar-refractivity contribution in [2.75, 3.05) is 0 Å². The molecule has 0 fully saturated rings. The van der Waals surface area contributed by atoms with Gasteiger partial charge < -0.3 is 4.74 Å². The number of nitrogens with zero attached hydrogens (tertiary/aromatic N) is 2. The van der Waals surface area contributed by atoms with Crippen molar-refractivity contribution < 1.29 is 18.7 Å². The third kappa shape index (κ3) is 4.49. The normalized spacial score (nSPS) is 11.5. The molecule has 0 aliphatic carbocycles. The number of aromatic nitrogens is 2. The van der Waals surface area contributed by atoms with E-state index in [9.17, 15) is 14.0 Å². The summed E-state index contributed by atoms with van der Waals surface area (Å²) in [6.45, 7) is 1.51. The minimum Gasteiger partial charge on any atom is -0.481 e. The fourth-order valence-electron chi connectivity index (χ4n) is 2.31. The second-order valence-electron chi connectivity index (χ2n) is 5.64. The Morgan fingerprint density at radius 3 is 2.48 bits per heavy atom. The quantitative estimate of drug-likeness (QED) is 0.677. The van der Waals surface area contributed by atoms with E-state index in [0.717, 1.165) is 5.69 Å². The van der Waals surface area contributed by atoms with Crippen molar-refractivity contribution in [2.24, 2.45) is 0 Å². The first-order valence-electron chi connectivity index (χ1n) is 8.15. The molecule has 1 unspecified atom stereocenters. The van der Waals surface area contributed by atoms with Crippen molar-refractivity contribution >= 4 is 11.8 Å². The molecule has 0 aliphatic rings. The lowest BCUT2D eigenvalue weighted by molar-refractivity contribution is -0.128. The highest BCUT2D eigenvalue weighted by Gasteiger charge is 2.18. The lowest BCUT2D eigenvalue weighted by Crippen LogP contribution is -2.47. The summed E-state index contributed by atoms with van der Waals surface area (Å²) in [5.41, 5.74) is 5.66. The van der Waals surface area contributed by atoms with E-state index in [-0.39, 0.29) is 5.69 Å². The van der Waals surface area contributed by atoms with Crippen LogP contribution in [0, 0.1) is 5.82 Å². The molecule has 0 saturated carbocycles. The van der Waals surface area contributed by atoms with Crippen molar-refractivity contribution in [3.63, 3.8) is 0 Å². The van der Waals surface area contributed by atoms with Crippen LogP contribution in [0.4, 0.5) is 4.39 Å². The van der Waals surface area contributed by atoms with Gasteiger partial charge in [-0.1, -0.05) is 18.2 Å². The smallest absolute Gasteiger partial charge is 0.288 e. The number of para-hydroxylation sites is 1. The van der Waals surface area contributed by atoms with Crippen LogP contribution in [-0.2, 0) is 4.79 Å². The molecule has 7 nitrogen and oxygen atoms in total. The summed E-state index contributed by atoms with van der Waals surface area (Å²) < 4.78 is 19.9. The number of carbonyl (C=O) groups is 2. The number of halogens is 1.